The van der Waals surface area contributed by atoms with Gasteiger partial charge in [0.05, 0.1) is 19.4 Å². The number of rotatable bonds is 8. The molecule has 0 spiro atoms. The summed E-state index contributed by atoms with van der Waals surface area (Å²) in [5.74, 6) is 0.922. The van der Waals surface area contributed by atoms with Crippen LogP contribution >= 0.6 is 0 Å². The van der Waals surface area contributed by atoms with Gasteiger partial charge in [0.2, 0.25) is 5.91 Å². The first kappa shape index (κ1) is 20.8. The molecule has 0 aliphatic heterocycles. The number of benzene rings is 1. The van der Waals surface area contributed by atoms with E-state index in [-0.39, 0.29) is 17.9 Å². The van der Waals surface area contributed by atoms with Crippen LogP contribution in [-0.4, -0.2) is 37.5 Å². The van der Waals surface area contributed by atoms with E-state index in [1.54, 1.807) is 11.2 Å². The summed E-state index contributed by atoms with van der Waals surface area (Å²) in [7, 11) is 3.93. The normalized spacial score (nSPS) is 13.5. The van der Waals surface area contributed by atoms with Gasteiger partial charge in [0.25, 0.3) is 0 Å². The van der Waals surface area contributed by atoms with E-state index in [2.05, 4.69) is 10.6 Å². The van der Waals surface area contributed by atoms with Gasteiger partial charge in [-0.3, -0.25) is 4.79 Å². The molecule has 1 saturated carbocycles. The Morgan fingerprint density at radius 1 is 1.17 bits per heavy atom. The second-order valence-electron chi connectivity index (χ2n) is 7.63. The zero-order valence-electron chi connectivity index (χ0n) is 17.4. The Balaban J connectivity index is 1.82. The molecule has 0 atom stereocenters. The summed E-state index contributed by atoms with van der Waals surface area (Å²) in [6.45, 7) is 3.20. The Morgan fingerprint density at radius 2 is 1.97 bits per heavy atom. The Kier molecular flexibility index (Phi) is 6.80. The number of nitrogens with zero attached hydrogens (tertiary/aromatic N) is 2. The van der Waals surface area contributed by atoms with Gasteiger partial charge in [-0.1, -0.05) is 6.42 Å². The number of carbonyl (C=O) groups excluding carboxylic acids is 2. The Bertz CT molecular complexity index is 829. The molecule has 3 amide bonds. The van der Waals surface area contributed by atoms with Crippen LogP contribution in [0.25, 0.3) is 0 Å². The average Bonchev–Trinajstić information content (AvgIpc) is 3.13. The zero-order valence-corrected chi connectivity index (χ0v) is 17.4. The second-order valence-corrected chi connectivity index (χ2v) is 7.63. The Morgan fingerprint density at radius 3 is 2.55 bits per heavy atom. The minimum Gasteiger partial charge on any atom is -0.467 e. The van der Waals surface area contributed by atoms with Crippen molar-refractivity contribution in [1.82, 2.24) is 10.2 Å². The van der Waals surface area contributed by atoms with Crippen molar-refractivity contribution in [1.29, 1.82) is 0 Å². The first-order valence-electron chi connectivity index (χ1n) is 10.1. The van der Waals surface area contributed by atoms with Crippen LogP contribution < -0.4 is 15.5 Å². The SMILES string of the molecule is CCNC(=O)N(Cc1ccco1)Cc1cc(NC(=O)C2CCC2)ccc1N(C)C. The highest BCUT2D eigenvalue weighted by Gasteiger charge is 2.25. The van der Waals surface area contributed by atoms with Crippen LogP contribution in [0.1, 0.15) is 37.5 Å². The zero-order chi connectivity index (χ0) is 20.8. The van der Waals surface area contributed by atoms with Crippen molar-refractivity contribution in [2.24, 2.45) is 5.92 Å². The number of hydrogen-bond donors (Lipinski definition) is 2. The molecule has 1 heterocycles. The number of urea groups is 1. The van der Waals surface area contributed by atoms with Gasteiger partial charge in [0.1, 0.15) is 5.76 Å². The maximum Gasteiger partial charge on any atom is 0.318 e. The van der Waals surface area contributed by atoms with E-state index >= 15 is 0 Å². The molecule has 1 aliphatic carbocycles. The molecule has 1 fully saturated rings. The average molecular weight is 399 g/mol. The predicted molar refractivity (Wildman–Crippen MR) is 114 cm³/mol. The minimum absolute atomic E-state index is 0.0796. The number of furan rings is 1. The maximum atomic E-state index is 12.6. The molecule has 0 unspecified atom stereocenters. The molecule has 7 nitrogen and oxygen atoms in total. The molecule has 1 aliphatic rings. The van der Waals surface area contributed by atoms with Crippen molar-refractivity contribution in [3.8, 4) is 0 Å². The lowest BCUT2D eigenvalue weighted by Crippen LogP contribution is -2.39. The molecule has 1 aromatic heterocycles. The largest absolute Gasteiger partial charge is 0.467 e. The molecule has 156 valence electrons. The fourth-order valence-corrected chi connectivity index (χ4v) is 3.40. The van der Waals surface area contributed by atoms with Gasteiger partial charge < -0.3 is 24.9 Å². The molecular weight excluding hydrogens is 368 g/mol. The molecule has 2 N–H and O–H groups in total. The van der Waals surface area contributed by atoms with Crippen molar-refractivity contribution < 1.29 is 14.0 Å². The van der Waals surface area contributed by atoms with E-state index in [1.807, 2.05) is 56.3 Å². The van der Waals surface area contributed by atoms with Crippen molar-refractivity contribution in [2.75, 3.05) is 30.9 Å². The fraction of sp³-hybridized carbons (Fsp3) is 0.455. The summed E-state index contributed by atoms with van der Waals surface area (Å²) in [5, 5.41) is 5.89. The summed E-state index contributed by atoms with van der Waals surface area (Å²) in [6, 6.07) is 9.37. The van der Waals surface area contributed by atoms with Crippen molar-refractivity contribution in [3.05, 3.63) is 47.9 Å². The van der Waals surface area contributed by atoms with E-state index in [1.165, 1.54) is 0 Å². The van der Waals surface area contributed by atoms with Crippen LogP contribution in [0.2, 0.25) is 0 Å². The molecule has 0 radical (unpaired) electrons. The number of nitrogens with one attached hydrogen (secondary N) is 2. The number of carbonyl (C=O) groups is 2. The maximum absolute atomic E-state index is 12.6. The van der Waals surface area contributed by atoms with Crippen LogP contribution in [-0.2, 0) is 17.9 Å². The summed E-state index contributed by atoms with van der Waals surface area (Å²) >= 11 is 0. The topological polar surface area (TPSA) is 77.8 Å². The third-order valence-electron chi connectivity index (χ3n) is 5.21. The van der Waals surface area contributed by atoms with E-state index in [4.69, 9.17) is 4.42 Å². The van der Waals surface area contributed by atoms with Crippen LogP contribution in [0.3, 0.4) is 0 Å². The fourth-order valence-electron chi connectivity index (χ4n) is 3.40. The highest BCUT2D eigenvalue weighted by Crippen LogP contribution is 2.29. The molecule has 7 heteroatoms. The van der Waals surface area contributed by atoms with E-state index in [0.29, 0.717) is 19.6 Å². The third kappa shape index (κ3) is 5.31. The highest BCUT2D eigenvalue weighted by atomic mass is 16.3. The Hall–Kier alpha value is -2.96. The first-order chi connectivity index (χ1) is 14.0. The highest BCUT2D eigenvalue weighted by molar-refractivity contribution is 5.93. The van der Waals surface area contributed by atoms with Gasteiger partial charge in [-0.15, -0.1) is 0 Å². The van der Waals surface area contributed by atoms with Crippen molar-refractivity contribution >= 4 is 23.3 Å². The Labute approximate surface area is 172 Å². The predicted octanol–water partition coefficient (Wildman–Crippen LogP) is 3.82. The van der Waals surface area contributed by atoms with Crippen LogP contribution in [0.5, 0.6) is 0 Å². The van der Waals surface area contributed by atoms with Gasteiger partial charge >= 0.3 is 6.03 Å². The molecular formula is C22H30N4O3. The van der Waals surface area contributed by atoms with E-state index < -0.39 is 0 Å². The first-order valence-corrected chi connectivity index (χ1v) is 10.1. The van der Waals surface area contributed by atoms with Crippen molar-refractivity contribution in [3.63, 3.8) is 0 Å². The molecule has 0 saturated heterocycles. The smallest absolute Gasteiger partial charge is 0.318 e. The lowest BCUT2D eigenvalue weighted by Gasteiger charge is -2.27. The standard InChI is InChI=1S/C22H30N4O3/c1-4-23-22(28)26(15-19-9-6-12-29-19)14-17-13-18(10-11-20(17)25(2)3)24-21(27)16-7-5-8-16/h6,9-13,16H,4-5,7-8,14-15H2,1-3H3,(H,23,28)(H,24,27). The van der Waals surface area contributed by atoms with Gasteiger partial charge in [-0.25, -0.2) is 4.79 Å². The summed E-state index contributed by atoms with van der Waals surface area (Å²) < 4.78 is 5.44. The van der Waals surface area contributed by atoms with Crippen LogP contribution in [0, 0.1) is 5.92 Å². The third-order valence-corrected chi connectivity index (χ3v) is 5.21. The van der Waals surface area contributed by atoms with Gasteiger partial charge in [0, 0.05) is 37.9 Å². The molecule has 1 aromatic carbocycles. The lowest BCUT2D eigenvalue weighted by molar-refractivity contribution is -0.122. The number of amides is 3. The summed E-state index contributed by atoms with van der Waals surface area (Å²) in [5.41, 5.74) is 2.72. The lowest BCUT2D eigenvalue weighted by atomic mass is 9.85. The monoisotopic (exact) mass is 398 g/mol. The minimum atomic E-state index is -0.155. The van der Waals surface area contributed by atoms with Crippen LogP contribution in [0.4, 0.5) is 16.2 Å². The van der Waals surface area contributed by atoms with E-state index in [9.17, 15) is 9.59 Å². The molecule has 2 aromatic rings. The van der Waals surface area contributed by atoms with Gasteiger partial charge in [-0.2, -0.15) is 0 Å². The molecule has 29 heavy (non-hydrogen) atoms. The second kappa shape index (κ2) is 9.49. The number of anilines is 2. The van der Waals surface area contributed by atoms with Gasteiger partial charge in [0.15, 0.2) is 0 Å². The van der Waals surface area contributed by atoms with Gasteiger partial charge in [-0.05, 0) is 55.7 Å². The summed E-state index contributed by atoms with van der Waals surface area (Å²) in [4.78, 5) is 28.7. The van der Waals surface area contributed by atoms with E-state index in [0.717, 1.165) is 42.0 Å². The van der Waals surface area contributed by atoms with Crippen molar-refractivity contribution in [2.45, 2.75) is 39.3 Å². The molecule has 3 rings (SSSR count). The quantitative estimate of drug-likeness (QED) is 0.709. The molecule has 0 bridgehead atoms. The van der Waals surface area contributed by atoms with Crippen LogP contribution in [0.15, 0.2) is 41.0 Å². The summed E-state index contributed by atoms with van der Waals surface area (Å²) in [6.07, 6.45) is 4.65. The number of hydrogen-bond acceptors (Lipinski definition) is 4.